The Labute approximate surface area is 139 Å². The number of nitrogens with two attached hydrogens (primary N) is 1. The second-order valence-corrected chi connectivity index (χ2v) is 6.00. The van der Waals surface area contributed by atoms with Crippen molar-refractivity contribution in [3.63, 3.8) is 0 Å². The third kappa shape index (κ3) is 4.27. The summed E-state index contributed by atoms with van der Waals surface area (Å²) in [6.07, 6.45) is 1.59. The standard InChI is InChI=1S/C16H16Cl3NO/c1-2-11(20)8-10-4-3-5-14(18)16(10)21-12-6-7-13(17)15(19)9-12/h3-7,9,11H,2,8,20H2,1H3. The predicted octanol–water partition coefficient (Wildman–Crippen LogP) is 5.72. The molecule has 0 bridgehead atoms. The van der Waals surface area contributed by atoms with Gasteiger partial charge in [0.1, 0.15) is 11.5 Å². The monoisotopic (exact) mass is 343 g/mol. The third-order valence-corrected chi connectivity index (χ3v) is 4.20. The normalized spacial score (nSPS) is 12.2. The molecule has 2 aromatic carbocycles. The highest BCUT2D eigenvalue weighted by Crippen LogP contribution is 2.35. The van der Waals surface area contributed by atoms with Gasteiger partial charge < -0.3 is 10.5 Å². The van der Waals surface area contributed by atoms with Crippen molar-refractivity contribution in [1.29, 1.82) is 0 Å². The number of benzene rings is 2. The first-order valence-electron chi connectivity index (χ1n) is 6.67. The molecular weight excluding hydrogens is 329 g/mol. The topological polar surface area (TPSA) is 35.2 Å². The fraction of sp³-hybridized carbons (Fsp3) is 0.250. The quantitative estimate of drug-likeness (QED) is 0.753. The number of hydrogen-bond donors (Lipinski definition) is 1. The minimum absolute atomic E-state index is 0.0691. The molecule has 0 amide bonds. The average Bonchev–Trinajstić information content (AvgIpc) is 2.46. The Bertz CT molecular complexity index is 631. The first-order valence-corrected chi connectivity index (χ1v) is 7.80. The van der Waals surface area contributed by atoms with Crippen molar-refractivity contribution >= 4 is 34.8 Å². The minimum atomic E-state index is 0.0691. The SMILES string of the molecule is CCC(N)Cc1cccc(Cl)c1Oc1ccc(Cl)c(Cl)c1. The van der Waals surface area contributed by atoms with Crippen LogP contribution in [0.5, 0.6) is 11.5 Å². The molecule has 0 saturated carbocycles. The number of hydrogen-bond acceptors (Lipinski definition) is 2. The summed E-state index contributed by atoms with van der Waals surface area (Å²) in [5.74, 6) is 1.20. The van der Waals surface area contributed by atoms with Crippen LogP contribution in [0.3, 0.4) is 0 Å². The molecule has 112 valence electrons. The van der Waals surface area contributed by atoms with Crippen LogP contribution in [0.15, 0.2) is 36.4 Å². The molecule has 0 spiro atoms. The molecule has 21 heavy (non-hydrogen) atoms. The van der Waals surface area contributed by atoms with E-state index in [9.17, 15) is 0 Å². The van der Waals surface area contributed by atoms with Crippen LogP contribution >= 0.6 is 34.8 Å². The van der Waals surface area contributed by atoms with Gasteiger partial charge in [-0.1, -0.05) is 53.9 Å². The summed E-state index contributed by atoms with van der Waals surface area (Å²) < 4.78 is 5.89. The van der Waals surface area contributed by atoms with Crippen LogP contribution in [0, 0.1) is 0 Å². The Morgan fingerprint density at radius 1 is 1.05 bits per heavy atom. The summed E-state index contributed by atoms with van der Waals surface area (Å²) >= 11 is 18.2. The van der Waals surface area contributed by atoms with E-state index in [1.165, 1.54) is 0 Å². The van der Waals surface area contributed by atoms with Crippen molar-refractivity contribution < 1.29 is 4.74 Å². The first-order chi connectivity index (χ1) is 10.0. The highest BCUT2D eigenvalue weighted by molar-refractivity contribution is 6.42. The van der Waals surface area contributed by atoms with Gasteiger partial charge in [-0.05, 0) is 36.6 Å². The fourth-order valence-corrected chi connectivity index (χ4v) is 2.43. The van der Waals surface area contributed by atoms with Crippen LogP contribution < -0.4 is 10.5 Å². The van der Waals surface area contributed by atoms with Crippen molar-refractivity contribution in [2.24, 2.45) is 5.73 Å². The second-order valence-electron chi connectivity index (χ2n) is 4.78. The highest BCUT2D eigenvalue weighted by atomic mass is 35.5. The molecule has 0 aromatic heterocycles. The Morgan fingerprint density at radius 2 is 1.81 bits per heavy atom. The van der Waals surface area contributed by atoms with Gasteiger partial charge in [0.2, 0.25) is 0 Å². The van der Waals surface area contributed by atoms with Crippen molar-refractivity contribution in [3.05, 3.63) is 57.0 Å². The van der Waals surface area contributed by atoms with Crippen molar-refractivity contribution in [1.82, 2.24) is 0 Å². The molecule has 1 unspecified atom stereocenters. The van der Waals surface area contributed by atoms with Gasteiger partial charge in [0, 0.05) is 12.1 Å². The fourth-order valence-electron chi connectivity index (χ4n) is 1.91. The lowest BCUT2D eigenvalue weighted by Crippen LogP contribution is -2.21. The molecule has 0 fully saturated rings. The van der Waals surface area contributed by atoms with E-state index < -0.39 is 0 Å². The maximum atomic E-state index is 6.25. The summed E-state index contributed by atoms with van der Waals surface area (Å²) in [4.78, 5) is 0. The number of ether oxygens (including phenoxy) is 1. The van der Waals surface area contributed by atoms with Crippen molar-refractivity contribution in [2.75, 3.05) is 0 Å². The zero-order chi connectivity index (χ0) is 15.4. The second kappa shape index (κ2) is 7.37. The van der Waals surface area contributed by atoms with Crippen LogP contribution in [-0.2, 0) is 6.42 Å². The van der Waals surface area contributed by atoms with E-state index in [2.05, 4.69) is 6.92 Å². The zero-order valence-electron chi connectivity index (χ0n) is 11.6. The molecule has 1 atom stereocenters. The van der Waals surface area contributed by atoms with Gasteiger partial charge in [-0.15, -0.1) is 0 Å². The van der Waals surface area contributed by atoms with E-state index >= 15 is 0 Å². The van der Waals surface area contributed by atoms with E-state index in [0.717, 1.165) is 12.0 Å². The average molecular weight is 345 g/mol. The maximum Gasteiger partial charge on any atom is 0.149 e. The molecule has 2 aromatic rings. The Balaban J connectivity index is 2.31. The van der Waals surface area contributed by atoms with Gasteiger partial charge in [0.05, 0.1) is 15.1 Å². The Kier molecular flexibility index (Phi) is 5.77. The van der Waals surface area contributed by atoms with E-state index in [0.29, 0.717) is 33.0 Å². The number of rotatable bonds is 5. The largest absolute Gasteiger partial charge is 0.455 e. The van der Waals surface area contributed by atoms with Gasteiger partial charge in [-0.2, -0.15) is 0 Å². The summed E-state index contributed by atoms with van der Waals surface area (Å²) in [6, 6.07) is 10.8. The molecule has 0 aliphatic heterocycles. The van der Waals surface area contributed by atoms with Gasteiger partial charge in [0.25, 0.3) is 0 Å². The zero-order valence-corrected chi connectivity index (χ0v) is 13.8. The van der Waals surface area contributed by atoms with Crippen LogP contribution in [-0.4, -0.2) is 6.04 Å². The Hall–Kier alpha value is -0.930. The minimum Gasteiger partial charge on any atom is -0.455 e. The summed E-state index contributed by atoms with van der Waals surface area (Å²) in [6.45, 7) is 2.05. The van der Waals surface area contributed by atoms with E-state index in [-0.39, 0.29) is 6.04 Å². The number of para-hydroxylation sites is 1. The predicted molar refractivity (Wildman–Crippen MR) is 90.0 cm³/mol. The molecular formula is C16H16Cl3NO. The van der Waals surface area contributed by atoms with Crippen LogP contribution in [0.1, 0.15) is 18.9 Å². The molecule has 0 saturated heterocycles. The van der Waals surface area contributed by atoms with Gasteiger partial charge in [-0.3, -0.25) is 0 Å². The van der Waals surface area contributed by atoms with E-state index in [1.54, 1.807) is 24.3 Å². The first kappa shape index (κ1) is 16.4. The molecule has 2 N–H and O–H groups in total. The Morgan fingerprint density at radius 3 is 2.48 bits per heavy atom. The maximum absolute atomic E-state index is 6.25. The smallest absolute Gasteiger partial charge is 0.149 e. The molecule has 0 aliphatic carbocycles. The summed E-state index contributed by atoms with van der Waals surface area (Å²) in [7, 11) is 0. The lowest BCUT2D eigenvalue weighted by Gasteiger charge is -2.15. The molecule has 0 aliphatic rings. The van der Waals surface area contributed by atoms with Gasteiger partial charge in [-0.25, -0.2) is 0 Å². The lowest BCUT2D eigenvalue weighted by atomic mass is 10.0. The van der Waals surface area contributed by atoms with E-state index in [4.69, 9.17) is 45.3 Å². The molecule has 2 nitrogen and oxygen atoms in total. The van der Waals surface area contributed by atoms with Gasteiger partial charge in [0.15, 0.2) is 0 Å². The molecule has 0 heterocycles. The highest BCUT2D eigenvalue weighted by Gasteiger charge is 2.13. The van der Waals surface area contributed by atoms with Gasteiger partial charge >= 0.3 is 0 Å². The van der Waals surface area contributed by atoms with Crippen LogP contribution in [0.4, 0.5) is 0 Å². The number of halogens is 3. The molecule has 0 radical (unpaired) electrons. The third-order valence-electron chi connectivity index (χ3n) is 3.17. The lowest BCUT2D eigenvalue weighted by molar-refractivity contribution is 0.472. The summed E-state index contributed by atoms with van der Waals surface area (Å²) in [5.41, 5.74) is 7.00. The van der Waals surface area contributed by atoms with Crippen LogP contribution in [0.2, 0.25) is 15.1 Å². The van der Waals surface area contributed by atoms with Crippen molar-refractivity contribution in [2.45, 2.75) is 25.8 Å². The molecule has 5 heteroatoms. The summed E-state index contributed by atoms with van der Waals surface area (Å²) in [5, 5.41) is 1.46. The van der Waals surface area contributed by atoms with Crippen LogP contribution in [0.25, 0.3) is 0 Å². The van der Waals surface area contributed by atoms with Crippen molar-refractivity contribution in [3.8, 4) is 11.5 Å². The molecule has 2 rings (SSSR count). The van der Waals surface area contributed by atoms with E-state index in [1.807, 2.05) is 12.1 Å².